The van der Waals surface area contributed by atoms with Crippen molar-refractivity contribution in [1.29, 1.82) is 0 Å². The highest BCUT2D eigenvalue weighted by Gasteiger charge is 2.21. The zero-order chi connectivity index (χ0) is 10.5. The molecule has 1 atom stereocenters. The van der Waals surface area contributed by atoms with Crippen molar-refractivity contribution in [2.45, 2.75) is 43.9 Å². The average molecular weight is 222 g/mol. The van der Waals surface area contributed by atoms with Gasteiger partial charge in [-0.3, -0.25) is 0 Å². The van der Waals surface area contributed by atoms with Crippen LogP contribution in [-0.2, 0) is 6.16 Å². The third-order valence-electron chi connectivity index (χ3n) is 3.18. The average Bonchev–Trinajstić information content (AvgIpc) is 2.31. The number of rotatable bonds is 3. The first-order valence-corrected chi connectivity index (χ1v) is 7.40. The first-order valence-electron chi connectivity index (χ1n) is 5.86. The highest BCUT2D eigenvalue weighted by Crippen LogP contribution is 2.46. The van der Waals surface area contributed by atoms with E-state index in [1.165, 1.54) is 37.7 Å². The van der Waals surface area contributed by atoms with Crippen molar-refractivity contribution in [3.8, 4) is 0 Å². The molecular formula is C13H19OP. The third-order valence-corrected chi connectivity index (χ3v) is 5.23. The summed E-state index contributed by atoms with van der Waals surface area (Å²) in [6, 6.07) is 10.4. The van der Waals surface area contributed by atoms with Gasteiger partial charge in [0.25, 0.3) is 0 Å². The molecule has 0 spiro atoms. The van der Waals surface area contributed by atoms with Gasteiger partial charge in [0.2, 0.25) is 0 Å². The van der Waals surface area contributed by atoms with Crippen LogP contribution in [0.4, 0.5) is 0 Å². The van der Waals surface area contributed by atoms with Gasteiger partial charge in [-0.05, 0) is 18.4 Å². The Balaban J connectivity index is 1.88. The van der Waals surface area contributed by atoms with Gasteiger partial charge in [0.15, 0.2) is 0 Å². The van der Waals surface area contributed by atoms with E-state index in [-0.39, 0.29) is 0 Å². The molecule has 0 saturated heterocycles. The van der Waals surface area contributed by atoms with Crippen LogP contribution in [0, 0.1) is 0 Å². The van der Waals surface area contributed by atoms with Crippen LogP contribution in [-0.4, -0.2) is 10.6 Å². The molecule has 2 rings (SSSR count). The highest BCUT2D eigenvalue weighted by molar-refractivity contribution is 7.51. The zero-order valence-electron chi connectivity index (χ0n) is 9.10. The van der Waals surface area contributed by atoms with Gasteiger partial charge in [-0.2, -0.15) is 0 Å². The second-order valence-corrected chi connectivity index (χ2v) is 6.30. The maximum absolute atomic E-state index is 10.2. The Labute approximate surface area is 93.4 Å². The molecule has 1 aromatic rings. The molecule has 0 heterocycles. The van der Waals surface area contributed by atoms with E-state index in [0.29, 0.717) is 5.66 Å². The fourth-order valence-electron chi connectivity index (χ4n) is 2.28. The molecule has 0 radical (unpaired) electrons. The maximum atomic E-state index is 10.2. The maximum Gasteiger partial charge on any atom is 0.0327 e. The molecule has 1 unspecified atom stereocenters. The summed E-state index contributed by atoms with van der Waals surface area (Å²) >= 11 is 0. The SMILES string of the molecule is OP(Cc1ccccc1)C1CCCCC1. The van der Waals surface area contributed by atoms with Crippen LogP contribution in [0.3, 0.4) is 0 Å². The molecular weight excluding hydrogens is 203 g/mol. The quantitative estimate of drug-likeness (QED) is 0.769. The van der Waals surface area contributed by atoms with Crippen LogP contribution in [0.15, 0.2) is 30.3 Å². The minimum Gasteiger partial charge on any atom is -0.373 e. The van der Waals surface area contributed by atoms with E-state index in [1.54, 1.807) is 0 Å². The third kappa shape index (κ3) is 3.29. The van der Waals surface area contributed by atoms with Gasteiger partial charge in [0.05, 0.1) is 0 Å². The standard InChI is InChI=1S/C13H19OP/c14-15(13-9-5-2-6-10-13)11-12-7-3-1-4-8-12/h1,3-4,7-8,13-14H,2,5-6,9-11H2. The smallest absolute Gasteiger partial charge is 0.0327 e. The Morgan fingerprint density at radius 3 is 2.40 bits per heavy atom. The predicted molar refractivity (Wildman–Crippen MR) is 66.2 cm³/mol. The summed E-state index contributed by atoms with van der Waals surface area (Å²) in [5.41, 5.74) is 1.89. The fraction of sp³-hybridized carbons (Fsp3) is 0.538. The Morgan fingerprint density at radius 1 is 1.07 bits per heavy atom. The van der Waals surface area contributed by atoms with Crippen LogP contribution < -0.4 is 0 Å². The molecule has 1 fully saturated rings. The first-order chi connectivity index (χ1) is 7.36. The van der Waals surface area contributed by atoms with Crippen LogP contribution in [0.2, 0.25) is 0 Å². The van der Waals surface area contributed by atoms with Crippen LogP contribution in [0.25, 0.3) is 0 Å². The van der Waals surface area contributed by atoms with E-state index in [9.17, 15) is 4.89 Å². The molecule has 0 aliphatic heterocycles. The Hall–Kier alpha value is -0.390. The van der Waals surface area contributed by atoms with Crippen molar-refractivity contribution in [2.75, 3.05) is 0 Å². The van der Waals surface area contributed by atoms with Crippen molar-refractivity contribution >= 4 is 8.15 Å². The van der Waals surface area contributed by atoms with Crippen molar-refractivity contribution in [1.82, 2.24) is 0 Å². The summed E-state index contributed by atoms with van der Waals surface area (Å²) in [7, 11) is -0.775. The molecule has 1 aliphatic carbocycles. The van der Waals surface area contributed by atoms with Crippen molar-refractivity contribution < 1.29 is 4.89 Å². The molecule has 0 bridgehead atoms. The second kappa shape index (κ2) is 5.63. The molecule has 15 heavy (non-hydrogen) atoms. The van der Waals surface area contributed by atoms with Gasteiger partial charge in [0, 0.05) is 20.0 Å². The lowest BCUT2D eigenvalue weighted by Crippen LogP contribution is -2.11. The van der Waals surface area contributed by atoms with Gasteiger partial charge in [-0.15, -0.1) is 0 Å². The second-order valence-electron chi connectivity index (χ2n) is 4.38. The summed E-state index contributed by atoms with van der Waals surface area (Å²) in [4.78, 5) is 10.2. The van der Waals surface area contributed by atoms with E-state index < -0.39 is 8.15 Å². The topological polar surface area (TPSA) is 20.2 Å². The van der Waals surface area contributed by atoms with E-state index in [4.69, 9.17) is 0 Å². The number of benzene rings is 1. The van der Waals surface area contributed by atoms with Gasteiger partial charge in [-0.25, -0.2) is 0 Å². The molecule has 1 saturated carbocycles. The summed E-state index contributed by atoms with van der Waals surface area (Å²) in [6.45, 7) is 0. The van der Waals surface area contributed by atoms with Crippen LogP contribution >= 0.6 is 8.15 Å². The Bertz CT molecular complexity index is 280. The summed E-state index contributed by atoms with van der Waals surface area (Å²) in [5, 5.41) is 0. The lowest BCUT2D eigenvalue weighted by atomic mass is 10.0. The van der Waals surface area contributed by atoms with Gasteiger partial charge in [0.1, 0.15) is 0 Å². The van der Waals surface area contributed by atoms with Crippen LogP contribution in [0.1, 0.15) is 37.7 Å². The normalized spacial score (nSPS) is 20.1. The van der Waals surface area contributed by atoms with E-state index in [2.05, 4.69) is 24.3 Å². The molecule has 0 amide bonds. The van der Waals surface area contributed by atoms with Gasteiger partial charge < -0.3 is 4.89 Å². The summed E-state index contributed by atoms with van der Waals surface area (Å²) in [6.07, 6.45) is 7.38. The summed E-state index contributed by atoms with van der Waals surface area (Å²) in [5.74, 6) is 0. The lowest BCUT2D eigenvalue weighted by Gasteiger charge is -2.26. The molecule has 1 aliphatic rings. The molecule has 1 nitrogen and oxygen atoms in total. The van der Waals surface area contributed by atoms with Crippen molar-refractivity contribution in [2.24, 2.45) is 0 Å². The summed E-state index contributed by atoms with van der Waals surface area (Å²) < 4.78 is 0. The molecule has 0 aromatic heterocycles. The van der Waals surface area contributed by atoms with Crippen molar-refractivity contribution in [3.05, 3.63) is 35.9 Å². The molecule has 1 N–H and O–H groups in total. The number of hydrogen-bond acceptors (Lipinski definition) is 1. The van der Waals surface area contributed by atoms with Crippen LogP contribution in [0.5, 0.6) is 0 Å². The van der Waals surface area contributed by atoms with Gasteiger partial charge in [-0.1, -0.05) is 49.6 Å². The first kappa shape index (κ1) is 11.1. The predicted octanol–water partition coefficient (Wildman–Crippen LogP) is 3.91. The highest BCUT2D eigenvalue weighted by atomic mass is 31.1. The molecule has 1 aromatic carbocycles. The largest absolute Gasteiger partial charge is 0.373 e. The lowest BCUT2D eigenvalue weighted by molar-refractivity contribution is 0.483. The molecule has 2 heteroatoms. The van der Waals surface area contributed by atoms with E-state index in [1.807, 2.05) is 6.07 Å². The Kier molecular flexibility index (Phi) is 4.17. The minimum atomic E-state index is -0.775. The zero-order valence-corrected chi connectivity index (χ0v) is 10.00. The fourth-order valence-corrected chi connectivity index (χ4v) is 4.08. The minimum absolute atomic E-state index is 0.606. The Morgan fingerprint density at radius 2 is 1.73 bits per heavy atom. The van der Waals surface area contributed by atoms with E-state index in [0.717, 1.165) is 6.16 Å². The monoisotopic (exact) mass is 222 g/mol. The van der Waals surface area contributed by atoms with Gasteiger partial charge >= 0.3 is 0 Å². The van der Waals surface area contributed by atoms with Crippen molar-refractivity contribution in [3.63, 3.8) is 0 Å². The van der Waals surface area contributed by atoms with E-state index >= 15 is 0 Å². The molecule has 82 valence electrons. The number of hydrogen-bond donors (Lipinski definition) is 1.